The van der Waals surface area contributed by atoms with Crippen molar-refractivity contribution >= 4 is 17.4 Å². The predicted molar refractivity (Wildman–Crippen MR) is 185 cm³/mol. The normalized spacial score (nSPS) is 41.4. The first-order valence-corrected chi connectivity index (χ1v) is 18.9. The maximum Gasteiger partial charge on any atom is 0.335 e. The minimum atomic E-state index is -0.858. The number of likely N-dealkylation sites (tertiary alicyclic amines) is 1. The van der Waals surface area contributed by atoms with Crippen LogP contribution in [0.3, 0.4) is 0 Å². The third-order valence-electron chi connectivity index (χ3n) is 16.0. The molecule has 4 saturated carbocycles. The van der Waals surface area contributed by atoms with Crippen molar-refractivity contribution in [3.05, 3.63) is 41.5 Å². The lowest BCUT2D eigenvalue weighted by Gasteiger charge is -2.72. The van der Waals surface area contributed by atoms with E-state index in [1.54, 1.807) is 12.1 Å². The Hall–Kier alpha value is -2.14. The lowest BCUT2D eigenvalue weighted by molar-refractivity contribution is -0.222. The summed E-state index contributed by atoms with van der Waals surface area (Å²) in [5.74, 6) is 2.38. The molecule has 6 aliphatic rings. The maximum atomic E-state index is 13.0. The van der Waals surface area contributed by atoms with Crippen LogP contribution in [-0.2, 0) is 4.79 Å². The number of rotatable bonds is 6. The number of amides is 1. The Balaban J connectivity index is 1.10. The van der Waals surface area contributed by atoms with Crippen LogP contribution in [0.1, 0.15) is 134 Å². The van der Waals surface area contributed by atoms with Gasteiger partial charge in [-0.25, -0.2) is 4.79 Å². The van der Waals surface area contributed by atoms with Crippen molar-refractivity contribution in [1.82, 2.24) is 10.2 Å². The van der Waals surface area contributed by atoms with Gasteiger partial charge in [-0.15, -0.1) is 0 Å². The van der Waals surface area contributed by atoms with Crippen molar-refractivity contribution in [2.75, 3.05) is 26.2 Å². The number of carboxylic acids is 1. The van der Waals surface area contributed by atoms with Gasteiger partial charge in [0.05, 0.1) is 12.1 Å². The number of hydrogen-bond acceptors (Lipinski definition) is 3. The van der Waals surface area contributed by atoms with E-state index in [1.165, 1.54) is 75.3 Å². The van der Waals surface area contributed by atoms with Gasteiger partial charge in [-0.1, -0.05) is 59.2 Å². The summed E-state index contributed by atoms with van der Waals surface area (Å²) in [6.07, 6.45) is 19.3. The quantitative estimate of drug-likeness (QED) is 0.330. The number of carbonyl (C=O) groups excluding carboxylic acids is 1. The number of piperidine rings is 1. The molecular weight excluding hydrogens is 568 g/mol. The Morgan fingerprint density at radius 1 is 0.804 bits per heavy atom. The number of carbonyl (C=O) groups is 2. The fourth-order valence-corrected chi connectivity index (χ4v) is 13.6. The fraction of sp³-hybridized carbons (Fsp3) is 0.756. The predicted octanol–water partition coefficient (Wildman–Crippen LogP) is 8.84. The van der Waals surface area contributed by atoms with E-state index >= 15 is 0 Å². The summed E-state index contributed by atoms with van der Waals surface area (Å²) in [7, 11) is 0. The third kappa shape index (κ3) is 4.78. The Morgan fingerprint density at radius 2 is 1.54 bits per heavy atom. The molecule has 5 fully saturated rings. The van der Waals surface area contributed by atoms with E-state index in [1.807, 2.05) is 12.1 Å². The first-order valence-electron chi connectivity index (χ1n) is 18.9. The van der Waals surface area contributed by atoms with Gasteiger partial charge in [-0.05, 0) is 151 Å². The maximum absolute atomic E-state index is 13.0. The van der Waals surface area contributed by atoms with E-state index < -0.39 is 5.97 Å². The van der Waals surface area contributed by atoms with Gasteiger partial charge in [0.1, 0.15) is 0 Å². The molecule has 7 rings (SSSR count). The molecule has 7 unspecified atom stereocenters. The summed E-state index contributed by atoms with van der Waals surface area (Å²) in [4.78, 5) is 26.6. The highest BCUT2D eigenvalue weighted by Gasteiger charge is 2.69. The Kier molecular flexibility index (Phi) is 8.09. The molecule has 1 aromatic rings. The number of carboxylic acid groups (broad SMARTS) is 1. The highest BCUT2D eigenvalue weighted by Crippen LogP contribution is 2.77. The van der Waals surface area contributed by atoms with Crippen LogP contribution in [0.15, 0.2) is 30.3 Å². The first kappa shape index (κ1) is 32.4. The molecule has 5 aliphatic carbocycles. The molecule has 1 heterocycles. The Bertz CT molecular complexity index is 1380. The number of nitrogens with one attached hydrogen (secondary N) is 1. The molecule has 1 saturated heterocycles. The zero-order valence-electron chi connectivity index (χ0n) is 29.4. The van der Waals surface area contributed by atoms with Gasteiger partial charge in [-0.3, -0.25) is 4.79 Å². The van der Waals surface area contributed by atoms with Crippen LogP contribution in [-0.4, -0.2) is 48.1 Å². The van der Waals surface area contributed by atoms with Crippen molar-refractivity contribution in [3.63, 3.8) is 0 Å². The Morgan fingerprint density at radius 3 is 2.26 bits per heavy atom. The van der Waals surface area contributed by atoms with Gasteiger partial charge < -0.3 is 15.3 Å². The molecule has 5 nitrogen and oxygen atoms in total. The molecule has 0 spiro atoms. The minimum Gasteiger partial charge on any atom is -0.478 e. The standard InChI is InChI=1S/C41H60N2O3/c1-37(2)30(28-11-13-29(14-12-28)36(45)46)17-20-38(3)33(37)18-21-40(5)34(38)16-15-31-32-10-9-19-41(32,23-22-39(31,40)4)27-42-26-35(44)43-24-7-6-8-25-43/h11-14,17,31-34,42H,6-10,15-16,18-27H2,1-5H3,(H,45,46)/t31?,32?,33?,34?,38?,39-,40?,41?/m1/s1. The van der Waals surface area contributed by atoms with E-state index in [2.05, 4.69) is 50.9 Å². The van der Waals surface area contributed by atoms with E-state index in [0.717, 1.165) is 56.7 Å². The minimum absolute atomic E-state index is 0.0430. The summed E-state index contributed by atoms with van der Waals surface area (Å²) < 4.78 is 0. The monoisotopic (exact) mass is 628 g/mol. The van der Waals surface area contributed by atoms with Crippen molar-refractivity contribution in [2.45, 2.75) is 118 Å². The lowest BCUT2D eigenvalue weighted by atomic mass is 9.32. The number of fused-ring (bicyclic) bond motifs is 7. The molecule has 0 radical (unpaired) electrons. The average Bonchev–Trinajstić information content (AvgIpc) is 3.46. The van der Waals surface area contributed by atoms with Crippen molar-refractivity contribution in [3.8, 4) is 0 Å². The SMILES string of the molecule is CC1(C)C(c2ccc(C(=O)O)cc2)=CCC2(C)C1CCC1(C)C2CCC2C3CCCC3(CNCC(=O)N3CCCCC3)CC[C@]21C. The van der Waals surface area contributed by atoms with E-state index in [-0.39, 0.29) is 10.8 Å². The highest BCUT2D eigenvalue weighted by molar-refractivity contribution is 5.88. The van der Waals surface area contributed by atoms with E-state index in [0.29, 0.717) is 40.2 Å². The lowest BCUT2D eigenvalue weighted by Crippen LogP contribution is -2.65. The molecule has 46 heavy (non-hydrogen) atoms. The first-order chi connectivity index (χ1) is 21.9. The fourth-order valence-electron chi connectivity index (χ4n) is 13.6. The molecular formula is C41H60N2O3. The number of hydrogen-bond donors (Lipinski definition) is 2. The van der Waals surface area contributed by atoms with Gasteiger partial charge in [0, 0.05) is 19.6 Å². The van der Waals surface area contributed by atoms with Gasteiger partial charge in [0.15, 0.2) is 0 Å². The molecule has 8 atom stereocenters. The summed E-state index contributed by atoms with van der Waals surface area (Å²) in [6.45, 7) is 16.5. The molecule has 5 heteroatoms. The molecule has 0 aromatic heterocycles. The summed E-state index contributed by atoms with van der Waals surface area (Å²) >= 11 is 0. The summed E-state index contributed by atoms with van der Waals surface area (Å²) in [5.41, 5.74) is 4.37. The summed E-state index contributed by atoms with van der Waals surface area (Å²) in [5, 5.41) is 13.2. The molecule has 252 valence electrons. The van der Waals surface area contributed by atoms with Gasteiger partial charge in [-0.2, -0.15) is 0 Å². The zero-order chi connectivity index (χ0) is 32.5. The second-order valence-corrected chi connectivity index (χ2v) is 18.0. The number of allylic oxidation sites excluding steroid dienone is 2. The van der Waals surface area contributed by atoms with Crippen LogP contribution in [0.2, 0.25) is 0 Å². The van der Waals surface area contributed by atoms with Crippen LogP contribution in [0.4, 0.5) is 0 Å². The largest absolute Gasteiger partial charge is 0.478 e. The van der Waals surface area contributed by atoms with Crippen LogP contribution < -0.4 is 5.32 Å². The Labute approximate surface area is 278 Å². The van der Waals surface area contributed by atoms with Crippen LogP contribution in [0.25, 0.3) is 5.57 Å². The molecule has 1 amide bonds. The number of nitrogens with zero attached hydrogens (tertiary/aromatic N) is 1. The van der Waals surface area contributed by atoms with Crippen LogP contribution in [0.5, 0.6) is 0 Å². The van der Waals surface area contributed by atoms with Crippen LogP contribution >= 0.6 is 0 Å². The van der Waals surface area contributed by atoms with Gasteiger partial charge in [0.25, 0.3) is 0 Å². The van der Waals surface area contributed by atoms with Crippen LogP contribution in [0, 0.1) is 50.7 Å². The topological polar surface area (TPSA) is 69.6 Å². The molecule has 1 aromatic carbocycles. The second-order valence-electron chi connectivity index (χ2n) is 18.0. The highest BCUT2D eigenvalue weighted by atomic mass is 16.4. The number of benzene rings is 1. The smallest absolute Gasteiger partial charge is 0.335 e. The second kappa shape index (κ2) is 11.5. The molecule has 0 bridgehead atoms. The van der Waals surface area contributed by atoms with Gasteiger partial charge >= 0.3 is 5.97 Å². The van der Waals surface area contributed by atoms with E-state index in [4.69, 9.17) is 0 Å². The van der Waals surface area contributed by atoms with Crippen molar-refractivity contribution in [2.24, 2.45) is 50.7 Å². The van der Waals surface area contributed by atoms with Crippen molar-refractivity contribution in [1.29, 1.82) is 0 Å². The number of aromatic carboxylic acids is 1. The molecule has 2 N–H and O–H groups in total. The molecule has 1 aliphatic heterocycles. The summed E-state index contributed by atoms with van der Waals surface area (Å²) in [6, 6.07) is 7.62. The van der Waals surface area contributed by atoms with E-state index in [9.17, 15) is 14.7 Å². The average molecular weight is 629 g/mol. The third-order valence-corrected chi connectivity index (χ3v) is 16.0. The van der Waals surface area contributed by atoms with Gasteiger partial charge in [0.2, 0.25) is 5.91 Å². The zero-order valence-corrected chi connectivity index (χ0v) is 29.4. The van der Waals surface area contributed by atoms with Crippen molar-refractivity contribution < 1.29 is 14.7 Å².